The van der Waals surface area contributed by atoms with Gasteiger partial charge in [0.2, 0.25) is 5.95 Å². The van der Waals surface area contributed by atoms with Crippen LogP contribution in [0, 0.1) is 6.92 Å². The highest BCUT2D eigenvalue weighted by Gasteiger charge is 2.14. The second-order valence-electron chi connectivity index (χ2n) is 6.82. The molecule has 0 saturated carbocycles. The van der Waals surface area contributed by atoms with Crippen LogP contribution in [0.4, 0.5) is 17.3 Å². The van der Waals surface area contributed by atoms with Crippen LogP contribution in [0.2, 0.25) is 0 Å². The van der Waals surface area contributed by atoms with E-state index in [1.165, 1.54) is 0 Å². The molecule has 1 aliphatic heterocycles. The van der Waals surface area contributed by atoms with Crippen LogP contribution in [-0.2, 0) is 0 Å². The Hall–Kier alpha value is -2.99. The monoisotopic (exact) mass is 360 g/mol. The Morgan fingerprint density at radius 2 is 1.70 bits per heavy atom. The first kappa shape index (κ1) is 17.4. The number of nitrogens with one attached hydrogen (secondary N) is 3. The van der Waals surface area contributed by atoms with Crippen LogP contribution >= 0.6 is 0 Å². The summed E-state index contributed by atoms with van der Waals surface area (Å²) in [6.07, 6.45) is 7.78. The topological polar surface area (TPSA) is 74.8 Å². The highest BCUT2D eigenvalue weighted by atomic mass is 15.1. The van der Waals surface area contributed by atoms with Crippen molar-refractivity contribution in [3.05, 3.63) is 60.7 Å². The van der Waals surface area contributed by atoms with Crippen LogP contribution in [0.1, 0.15) is 18.5 Å². The van der Waals surface area contributed by atoms with Gasteiger partial charge in [-0.05, 0) is 51.1 Å². The molecule has 0 radical (unpaired) electrons. The molecule has 2 aromatic heterocycles. The fourth-order valence-electron chi connectivity index (χ4n) is 3.25. The summed E-state index contributed by atoms with van der Waals surface area (Å²) in [6.45, 7) is 4.10. The van der Waals surface area contributed by atoms with Gasteiger partial charge < -0.3 is 16.0 Å². The van der Waals surface area contributed by atoms with Crippen LogP contribution in [0.5, 0.6) is 0 Å². The zero-order valence-electron chi connectivity index (χ0n) is 15.4. The van der Waals surface area contributed by atoms with Gasteiger partial charge in [-0.3, -0.25) is 4.98 Å². The van der Waals surface area contributed by atoms with E-state index in [-0.39, 0.29) is 0 Å². The number of benzene rings is 1. The molecule has 1 aromatic carbocycles. The standard InChI is InChI=1S/C21H24N6/c1-15-6-7-18(14-23-15)27-21-24-12-16(13-25-21)19-4-2-3-5-20(19)26-17-8-10-22-11-9-17/h2-7,12-14,17,22,26H,8-11H2,1H3,(H,24,25,27). The Morgan fingerprint density at radius 1 is 0.926 bits per heavy atom. The fraction of sp³-hybridized carbons (Fsp3) is 0.286. The number of aryl methyl sites for hydroxylation is 1. The van der Waals surface area contributed by atoms with E-state index < -0.39 is 0 Å². The van der Waals surface area contributed by atoms with Crippen molar-refractivity contribution in [3.8, 4) is 11.1 Å². The van der Waals surface area contributed by atoms with E-state index in [0.29, 0.717) is 12.0 Å². The number of anilines is 3. The molecule has 6 heteroatoms. The second kappa shape index (κ2) is 8.14. The van der Waals surface area contributed by atoms with Crippen molar-refractivity contribution in [1.29, 1.82) is 0 Å². The van der Waals surface area contributed by atoms with Crippen LogP contribution in [0.25, 0.3) is 11.1 Å². The van der Waals surface area contributed by atoms with Crippen LogP contribution < -0.4 is 16.0 Å². The zero-order valence-corrected chi connectivity index (χ0v) is 15.4. The number of nitrogens with zero attached hydrogens (tertiary/aromatic N) is 3. The van der Waals surface area contributed by atoms with Crippen molar-refractivity contribution in [2.24, 2.45) is 0 Å². The second-order valence-corrected chi connectivity index (χ2v) is 6.82. The molecule has 0 bridgehead atoms. The van der Waals surface area contributed by atoms with E-state index in [1.54, 1.807) is 6.20 Å². The first-order chi connectivity index (χ1) is 13.3. The SMILES string of the molecule is Cc1ccc(Nc2ncc(-c3ccccc3NC3CCNCC3)cn2)cn1. The molecule has 0 atom stereocenters. The van der Waals surface area contributed by atoms with E-state index >= 15 is 0 Å². The van der Waals surface area contributed by atoms with Crippen molar-refractivity contribution < 1.29 is 0 Å². The molecule has 1 saturated heterocycles. The molecule has 0 aliphatic carbocycles. The number of rotatable bonds is 5. The predicted molar refractivity (Wildman–Crippen MR) is 109 cm³/mol. The van der Waals surface area contributed by atoms with Gasteiger partial charge in [0.25, 0.3) is 0 Å². The molecular weight excluding hydrogens is 336 g/mol. The average Bonchev–Trinajstić information content (AvgIpc) is 2.72. The predicted octanol–water partition coefficient (Wildman–Crippen LogP) is 3.75. The van der Waals surface area contributed by atoms with Crippen LogP contribution in [0.15, 0.2) is 55.0 Å². The molecule has 1 aliphatic rings. The van der Waals surface area contributed by atoms with Crippen molar-refractivity contribution >= 4 is 17.3 Å². The molecule has 4 rings (SSSR count). The largest absolute Gasteiger partial charge is 0.382 e. The summed E-state index contributed by atoms with van der Waals surface area (Å²) in [5.74, 6) is 0.563. The molecule has 0 unspecified atom stereocenters. The highest BCUT2D eigenvalue weighted by molar-refractivity contribution is 5.77. The lowest BCUT2D eigenvalue weighted by atomic mass is 10.0. The third-order valence-electron chi connectivity index (χ3n) is 4.76. The summed E-state index contributed by atoms with van der Waals surface area (Å²) >= 11 is 0. The Bertz CT molecular complexity index is 870. The quantitative estimate of drug-likeness (QED) is 0.643. The number of hydrogen-bond donors (Lipinski definition) is 3. The number of piperidine rings is 1. The van der Waals surface area contributed by atoms with Crippen molar-refractivity contribution in [3.63, 3.8) is 0 Å². The van der Waals surface area contributed by atoms with E-state index in [2.05, 4.69) is 49.1 Å². The third kappa shape index (κ3) is 4.41. The minimum atomic E-state index is 0.503. The first-order valence-electron chi connectivity index (χ1n) is 9.36. The Balaban J connectivity index is 1.50. The smallest absolute Gasteiger partial charge is 0.227 e. The normalized spacial score (nSPS) is 14.7. The van der Waals surface area contributed by atoms with Gasteiger partial charge in [-0.25, -0.2) is 9.97 Å². The molecule has 138 valence electrons. The van der Waals surface area contributed by atoms with Gasteiger partial charge in [0, 0.05) is 40.9 Å². The summed E-state index contributed by atoms with van der Waals surface area (Å²) < 4.78 is 0. The third-order valence-corrected chi connectivity index (χ3v) is 4.76. The minimum Gasteiger partial charge on any atom is -0.382 e. The maximum Gasteiger partial charge on any atom is 0.227 e. The highest BCUT2D eigenvalue weighted by Crippen LogP contribution is 2.28. The van der Waals surface area contributed by atoms with E-state index in [0.717, 1.165) is 54.1 Å². The van der Waals surface area contributed by atoms with Gasteiger partial charge in [0.05, 0.1) is 11.9 Å². The van der Waals surface area contributed by atoms with E-state index in [4.69, 9.17) is 0 Å². The molecule has 3 N–H and O–H groups in total. The Labute approximate surface area is 159 Å². The molecule has 1 fully saturated rings. The Morgan fingerprint density at radius 3 is 2.44 bits per heavy atom. The van der Waals surface area contributed by atoms with Crippen molar-refractivity contribution in [2.45, 2.75) is 25.8 Å². The van der Waals surface area contributed by atoms with Crippen molar-refractivity contribution in [1.82, 2.24) is 20.3 Å². The first-order valence-corrected chi connectivity index (χ1v) is 9.36. The van der Waals surface area contributed by atoms with Gasteiger partial charge in [-0.2, -0.15) is 0 Å². The van der Waals surface area contributed by atoms with Gasteiger partial charge in [0.1, 0.15) is 0 Å². The van der Waals surface area contributed by atoms with E-state index in [1.807, 2.05) is 37.5 Å². The Kier molecular flexibility index (Phi) is 5.25. The molecule has 3 heterocycles. The fourth-order valence-corrected chi connectivity index (χ4v) is 3.25. The summed E-state index contributed by atoms with van der Waals surface area (Å²) in [5, 5.41) is 10.3. The number of hydrogen-bond acceptors (Lipinski definition) is 6. The lowest BCUT2D eigenvalue weighted by Gasteiger charge is -2.25. The minimum absolute atomic E-state index is 0.503. The summed E-state index contributed by atoms with van der Waals surface area (Å²) in [6, 6.07) is 12.8. The molecule has 6 nitrogen and oxygen atoms in total. The maximum atomic E-state index is 4.47. The molecule has 27 heavy (non-hydrogen) atoms. The van der Waals surface area contributed by atoms with Gasteiger partial charge in [-0.1, -0.05) is 18.2 Å². The lowest BCUT2D eigenvalue weighted by molar-refractivity contribution is 0.479. The average molecular weight is 360 g/mol. The van der Waals surface area contributed by atoms with Crippen LogP contribution in [0.3, 0.4) is 0 Å². The number of para-hydroxylation sites is 1. The van der Waals surface area contributed by atoms with Crippen molar-refractivity contribution in [2.75, 3.05) is 23.7 Å². The summed E-state index contributed by atoms with van der Waals surface area (Å²) in [7, 11) is 0. The lowest BCUT2D eigenvalue weighted by Crippen LogP contribution is -2.35. The number of aromatic nitrogens is 3. The summed E-state index contributed by atoms with van der Waals surface area (Å²) in [5.41, 5.74) is 5.12. The van der Waals surface area contributed by atoms with Gasteiger partial charge in [0.15, 0.2) is 0 Å². The van der Waals surface area contributed by atoms with Gasteiger partial charge in [-0.15, -0.1) is 0 Å². The van der Waals surface area contributed by atoms with Gasteiger partial charge >= 0.3 is 0 Å². The molecular formula is C21H24N6. The summed E-state index contributed by atoms with van der Waals surface area (Å²) in [4.78, 5) is 13.2. The molecule has 3 aromatic rings. The maximum absolute atomic E-state index is 4.47. The molecule has 0 spiro atoms. The zero-order chi connectivity index (χ0) is 18.5. The molecule has 0 amide bonds. The van der Waals surface area contributed by atoms with E-state index in [9.17, 15) is 0 Å². The van der Waals surface area contributed by atoms with Crippen LogP contribution in [-0.4, -0.2) is 34.1 Å². The number of pyridine rings is 1.